The van der Waals surface area contributed by atoms with Gasteiger partial charge < -0.3 is 10.6 Å². The van der Waals surface area contributed by atoms with Crippen LogP contribution in [0.2, 0.25) is 0 Å². The van der Waals surface area contributed by atoms with E-state index in [0.717, 1.165) is 13.1 Å². The molecule has 0 aliphatic rings. The first kappa shape index (κ1) is 22.5. The van der Waals surface area contributed by atoms with Crippen molar-refractivity contribution in [2.75, 3.05) is 27.2 Å². The zero-order valence-corrected chi connectivity index (χ0v) is 11.3. The van der Waals surface area contributed by atoms with Gasteiger partial charge in [0.05, 0.1) is 0 Å². The molecule has 0 spiro atoms. The molecule has 0 aromatic heterocycles. The average molecular weight is 390 g/mol. The molecule has 0 heterocycles. The molecule has 0 aromatic rings. The molecule has 2 nitrogen and oxygen atoms in total. The minimum absolute atomic E-state index is 0. The molecular formula is C6H20N2SU. The molecule has 0 aliphatic heterocycles. The Morgan fingerprint density at radius 1 is 1.00 bits per heavy atom. The Bertz CT molecular complexity index is 34.9. The number of hydrogen-bond donors (Lipinski definition) is 2. The summed E-state index contributed by atoms with van der Waals surface area (Å²) in [5.41, 5.74) is 0. The van der Waals surface area contributed by atoms with E-state index >= 15 is 0 Å². The number of rotatable bonds is 4. The molecule has 0 bridgehead atoms. The van der Waals surface area contributed by atoms with Gasteiger partial charge in [-0.2, -0.15) is 13.5 Å². The van der Waals surface area contributed by atoms with E-state index in [1.807, 2.05) is 14.1 Å². The van der Waals surface area contributed by atoms with Crippen LogP contribution in [0.5, 0.6) is 0 Å². The second-order valence-corrected chi connectivity index (χ2v) is 1.56. The summed E-state index contributed by atoms with van der Waals surface area (Å²) in [6.07, 6.45) is 1.22. The standard InChI is InChI=1S/C5H14N2.CH4.H2S.U/c1-6-4-3-5-7-2;;;/h6-7H,3-5H2,1-2H3;1H4;1H2;. The predicted molar refractivity (Wildman–Crippen MR) is 49.6 cm³/mol. The van der Waals surface area contributed by atoms with Crippen molar-refractivity contribution in [1.82, 2.24) is 10.6 Å². The largest absolute Gasteiger partial charge is 0.320 e. The van der Waals surface area contributed by atoms with Crippen molar-refractivity contribution in [2.24, 2.45) is 0 Å². The fourth-order valence-corrected chi connectivity index (χ4v) is 0.442. The Balaban J connectivity index is -0.0000000600. The number of nitrogens with one attached hydrogen (secondary N) is 2. The van der Waals surface area contributed by atoms with Crippen LogP contribution in [-0.2, 0) is 0 Å². The smallest absolute Gasteiger partial charge is 0 e. The Morgan fingerprint density at radius 2 is 1.30 bits per heavy atom. The van der Waals surface area contributed by atoms with Crippen molar-refractivity contribution in [2.45, 2.75) is 13.8 Å². The molecular weight excluding hydrogens is 370 g/mol. The fraction of sp³-hybridized carbons (Fsp3) is 1.00. The van der Waals surface area contributed by atoms with Gasteiger partial charge in [0, 0.05) is 31.1 Å². The molecule has 0 atom stereocenters. The summed E-state index contributed by atoms with van der Waals surface area (Å²) in [7, 11) is 3.94. The van der Waals surface area contributed by atoms with Gasteiger partial charge in [-0.1, -0.05) is 7.43 Å². The SMILES string of the molecule is C.CNCCCNC.S.[U]. The summed E-state index contributed by atoms with van der Waals surface area (Å²) >= 11 is 0. The molecule has 10 heavy (non-hydrogen) atoms. The first-order valence-electron chi connectivity index (χ1n) is 2.71. The third-order valence-electron chi connectivity index (χ3n) is 0.854. The van der Waals surface area contributed by atoms with Crippen molar-refractivity contribution in [3.8, 4) is 0 Å². The summed E-state index contributed by atoms with van der Waals surface area (Å²) in [6, 6.07) is 0. The molecule has 0 unspecified atom stereocenters. The zero-order valence-electron chi connectivity index (χ0n) is 6.12. The molecule has 64 valence electrons. The summed E-state index contributed by atoms with van der Waals surface area (Å²) in [4.78, 5) is 0. The van der Waals surface area contributed by atoms with Gasteiger partial charge in [-0.15, -0.1) is 0 Å². The minimum atomic E-state index is 0. The van der Waals surface area contributed by atoms with Crippen molar-refractivity contribution < 1.29 is 31.1 Å². The van der Waals surface area contributed by atoms with E-state index in [1.165, 1.54) is 6.42 Å². The topological polar surface area (TPSA) is 24.1 Å². The van der Waals surface area contributed by atoms with Gasteiger partial charge in [0.1, 0.15) is 0 Å². The molecule has 4 heteroatoms. The quantitative estimate of drug-likeness (QED) is 0.686. The third-order valence-corrected chi connectivity index (χ3v) is 0.854. The summed E-state index contributed by atoms with van der Waals surface area (Å²) in [5.74, 6) is 0. The Labute approximate surface area is 95.7 Å². The van der Waals surface area contributed by atoms with Crippen LogP contribution in [0.4, 0.5) is 0 Å². The van der Waals surface area contributed by atoms with Gasteiger partial charge in [0.2, 0.25) is 0 Å². The number of hydrogen-bond acceptors (Lipinski definition) is 2. The normalized spacial score (nSPS) is 6.60. The maximum atomic E-state index is 3.06. The van der Waals surface area contributed by atoms with Gasteiger partial charge in [-0.05, 0) is 33.6 Å². The molecule has 0 aliphatic carbocycles. The first-order valence-corrected chi connectivity index (χ1v) is 2.71. The van der Waals surface area contributed by atoms with Crippen LogP contribution in [-0.4, -0.2) is 27.2 Å². The third kappa shape index (κ3) is 22.8. The monoisotopic (exact) mass is 390 g/mol. The molecule has 0 saturated carbocycles. The Kier molecular flexibility index (Phi) is 50.5. The first-order chi connectivity index (χ1) is 3.41. The maximum Gasteiger partial charge on any atom is 0 e. The van der Waals surface area contributed by atoms with Crippen LogP contribution < -0.4 is 10.6 Å². The Hall–Kier alpha value is 1.32. The van der Waals surface area contributed by atoms with Gasteiger partial charge in [-0.25, -0.2) is 0 Å². The summed E-state index contributed by atoms with van der Waals surface area (Å²) in [5, 5.41) is 6.12. The molecule has 0 fully saturated rings. The second kappa shape index (κ2) is 22.4. The van der Waals surface area contributed by atoms with Crippen molar-refractivity contribution in [1.29, 1.82) is 0 Å². The zero-order chi connectivity index (χ0) is 5.54. The molecule has 0 amide bonds. The van der Waals surface area contributed by atoms with Gasteiger partial charge in [0.25, 0.3) is 0 Å². The molecule has 2 N–H and O–H groups in total. The molecule has 0 radical (unpaired) electrons. The average Bonchev–Trinajstić information content (AvgIpc) is 1.69. The van der Waals surface area contributed by atoms with Crippen LogP contribution >= 0.6 is 13.5 Å². The fourth-order valence-electron chi connectivity index (χ4n) is 0.442. The Morgan fingerprint density at radius 3 is 1.50 bits per heavy atom. The van der Waals surface area contributed by atoms with Crippen LogP contribution in [0, 0.1) is 31.1 Å². The van der Waals surface area contributed by atoms with E-state index in [1.54, 1.807) is 0 Å². The van der Waals surface area contributed by atoms with Crippen LogP contribution in [0.1, 0.15) is 13.8 Å². The van der Waals surface area contributed by atoms with Gasteiger partial charge >= 0.3 is 0 Å². The van der Waals surface area contributed by atoms with Gasteiger partial charge in [0.15, 0.2) is 0 Å². The van der Waals surface area contributed by atoms with Gasteiger partial charge in [-0.3, -0.25) is 0 Å². The van der Waals surface area contributed by atoms with Crippen molar-refractivity contribution in [3.63, 3.8) is 0 Å². The molecule has 0 rings (SSSR count). The molecule has 0 aromatic carbocycles. The van der Waals surface area contributed by atoms with E-state index in [-0.39, 0.29) is 52.0 Å². The minimum Gasteiger partial charge on any atom is -0.320 e. The van der Waals surface area contributed by atoms with E-state index < -0.39 is 0 Å². The van der Waals surface area contributed by atoms with Crippen LogP contribution in [0.3, 0.4) is 0 Å². The van der Waals surface area contributed by atoms with E-state index in [0.29, 0.717) is 0 Å². The molecule has 0 saturated heterocycles. The second-order valence-electron chi connectivity index (χ2n) is 1.56. The summed E-state index contributed by atoms with van der Waals surface area (Å²) in [6.45, 7) is 2.22. The van der Waals surface area contributed by atoms with E-state index in [9.17, 15) is 0 Å². The van der Waals surface area contributed by atoms with E-state index in [2.05, 4.69) is 10.6 Å². The predicted octanol–water partition coefficient (Wildman–Crippen LogP) is 0.564. The van der Waals surface area contributed by atoms with E-state index in [4.69, 9.17) is 0 Å². The summed E-state index contributed by atoms with van der Waals surface area (Å²) < 4.78 is 0. The maximum absolute atomic E-state index is 3.06. The van der Waals surface area contributed by atoms with Crippen molar-refractivity contribution >= 4 is 13.5 Å². The van der Waals surface area contributed by atoms with Crippen LogP contribution in [0.15, 0.2) is 0 Å². The van der Waals surface area contributed by atoms with Crippen molar-refractivity contribution in [3.05, 3.63) is 0 Å². The van der Waals surface area contributed by atoms with Crippen LogP contribution in [0.25, 0.3) is 0 Å².